The lowest BCUT2D eigenvalue weighted by molar-refractivity contribution is -0.132. The monoisotopic (exact) mass is 369 g/mol. The van der Waals surface area contributed by atoms with E-state index in [0.717, 1.165) is 5.56 Å². The first kappa shape index (κ1) is 18.9. The van der Waals surface area contributed by atoms with E-state index in [2.05, 4.69) is 5.32 Å². The Morgan fingerprint density at radius 1 is 1.00 bits per heavy atom. The average molecular weight is 369 g/mol. The number of piperazine rings is 1. The molecule has 0 spiro atoms. The number of hydrogen-bond donors (Lipinski definition) is 1. The van der Waals surface area contributed by atoms with Crippen molar-refractivity contribution in [2.75, 3.05) is 31.1 Å². The van der Waals surface area contributed by atoms with Crippen molar-refractivity contribution in [2.24, 2.45) is 0 Å². The van der Waals surface area contributed by atoms with Gasteiger partial charge in [-0.25, -0.2) is 4.39 Å². The normalized spacial score (nSPS) is 15.3. The van der Waals surface area contributed by atoms with Crippen LogP contribution in [0.1, 0.15) is 24.9 Å². The standard InChI is InChI=1S/C21H24FN3O2/c1-16(26)23-19(17-7-3-2-4-8-17)15-21(27)25-13-11-24(12-14-25)20-10-6-5-9-18(20)22/h2-10,19H,11-15H2,1H3,(H,23,26). The fraction of sp³-hybridized carbons (Fsp3) is 0.333. The molecule has 3 rings (SSSR count). The van der Waals surface area contributed by atoms with Gasteiger partial charge in [0, 0.05) is 33.1 Å². The Kier molecular flexibility index (Phi) is 6.06. The van der Waals surface area contributed by atoms with Gasteiger partial charge in [0.05, 0.1) is 18.2 Å². The van der Waals surface area contributed by atoms with E-state index in [4.69, 9.17) is 0 Å². The molecule has 0 radical (unpaired) electrons. The van der Waals surface area contributed by atoms with Crippen LogP contribution >= 0.6 is 0 Å². The van der Waals surface area contributed by atoms with Gasteiger partial charge in [-0.05, 0) is 17.7 Å². The van der Waals surface area contributed by atoms with Gasteiger partial charge in [0.25, 0.3) is 0 Å². The Morgan fingerprint density at radius 3 is 2.26 bits per heavy atom. The Morgan fingerprint density at radius 2 is 1.63 bits per heavy atom. The molecular formula is C21H24FN3O2. The minimum absolute atomic E-state index is 0.00853. The van der Waals surface area contributed by atoms with E-state index >= 15 is 0 Å². The zero-order valence-electron chi connectivity index (χ0n) is 15.4. The van der Waals surface area contributed by atoms with Crippen LogP contribution in [0, 0.1) is 5.82 Å². The number of amides is 2. The van der Waals surface area contributed by atoms with E-state index in [9.17, 15) is 14.0 Å². The molecule has 1 fully saturated rings. The molecule has 2 amide bonds. The van der Waals surface area contributed by atoms with Crippen molar-refractivity contribution in [1.82, 2.24) is 10.2 Å². The summed E-state index contributed by atoms with van der Waals surface area (Å²) in [6, 6.07) is 15.8. The topological polar surface area (TPSA) is 52.7 Å². The van der Waals surface area contributed by atoms with Gasteiger partial charge in [-0.1, -0.05) is 42.5 Å². The zero-order valence-corrected chi connectivity index (χ0v) is 15.4. The Bertz CT molecular complexity index is 789. The number of nitrogens with zero attached hydrogens (tertiary/aromatic N) is 2. The first-order valence-electron chi connectivity index (χ1n) is 9.14. The fourth-order valence-electron chi connectivity index (χ4n) is 3.39. The SMILES string of the molecule is CC(=O)NC(CC(=O)N1CCN(c2ccccc2F)CC1)c1ccccc1. The molecule has 6 heteroatoms. The second-order valence-corrected chi connectivity index (χ2v) is 6.69. The molecule has 0 aliphatic carbocycles. The lowest BCUT2D eigenvalue weighted by Gasteiger charge is -2.36. The van der Waals surface area contributed by atoms with Gasteiger partial charge in [-0.2, -0.15) is 0 Å². The van der Waals surface area contributed by atoms with Crippen LogP contribution in [0.4, 0.5) is 10.1 Å². The summed E-state index contributed by atoms with van der Waals surface area (Å²) in [5.74, 6) is -0.418. The maximum atomic E-state index is 13.9. The smallest absolute Gasteiger partial charge is 0.225 e. The molecule has 1 aliphatic rings. The largest absolute Gasteiger partial charge is 0.366 e. The highest BCUT2D eigenvalue weighted by atomic mass is 19.1. The molecule has 1 heterocycles. The van der Waals surface area contributed by atoms with Crippen molar-refractivity contribution in [1.29, 1.82) is 0 Å². The van der Waals surface area contributed by atoms with E-state index in [1.807, 2.05) is 41.3 Å². The molecule has 0 bridgehead atoms. The van der Waals surface area contributed by atoms with Crippen molar-refractivity contribution in [2.45, 2.75) is 19.4 Å². The lowest BCUT2D eigenvalue weighted by Crippen LogP contribution is -2.49. The van der Waals surface area contributed by atoms with Gasteiger partial charge >= 0.3 is 0 Å². The summed E-state index contributed by atoms with van der Waals surface area (Å²) in [7, 11) is 0. The van der Waals surface area contributed by atoms with Gasteiger partial charge in [-0.15, -0.1) is 0 Å². The van der Waals surface area contributed by atoms with Gasteiger partial charge in [-0.3, -0.25) is 9.59 Å². The minimum Gasteiger partial charge on any atom is -0.366 e. The molecule has 1 aliphatic heterocycles. The molecular weight excluding hydrogens is 345 g/mol. The van der Waals surface area contributed by atoms with Crippen molar-refractivity contribution >= 4 is 17.5 Å². The minimum atomic E-state index is -0.346. The van der Waals surface area contributed by atoms with Crippen molar-refractivity contribution in [3.05, 3.63) is 66.0 Å². The van der Waals surface area contributed by atoms with Crippen LogP contribution in [0.15, 0.2) is 54.6 Å². The molecule has 2 aromatic carbocycles. The number of nitrogens with one attached hydrogen (secondary N) is 1. The van der Waals surface area contributed by atoms with Crippen molar-refractivity contribution < 1.29 is 14.0 Å². The quantitative estimate of drug-likeness (QED) is 0.882. The first-order chi connectivity index (χ1) is 13.0. The van der Waals surface area contributed by atoms with Crippen LogP contribution in [-0.2, 0) is 9.59 Å². The third kappa shape index (κ3) is 4.84. The van der Waals surface area contributed by atoms with E-state index in [1.165, 1.54) is 13.0 Å². The van der Waals surface area contributed by atoms with Crippen LogP contribution in [-0.4, -0.2) is 42.9 Å². The molecule has 142 valence electrons. The van der Waals surface area contributed by atoms with E-state index < -0.39 is 0 Å². The third-order valence-electron chi connectivity index (χ3n) is 4.78. The third-order valence-corrected chi connectivity index (χ3v) is 4.78. The number of anilines is 1. The Labute approximate surface area is 158 Å². The fourth-order valence-corrected chi connectivity index (χ4v) is 3.39. The number of carbonyl (C=O) groups excluding carboxylic acids is 2. The summed E-state index contributed by atoms with van der Waals surface area (Å²) in [6.07, 6.45) is 0.212. The first-order valence-corrected chi connectivity index (χ1v) is 9.14. The molecule has 1 saturated heterocycles. The number of carbonyl (C=O) groups is 2. The Balaban J connectivity index is 1.61. The number of benzene rings is 2. The number of para-hydroxylation sites is 1. The number of halogens is 1. The highest BCUT2D eigenvalue weighted by molar-refractivity contribution is 5.79. The summed E-state index contributed by atoms with van der Waals surface area (Å²) in [5.41, 5.74) is 1.48. The van der Waals surface area contributed by atoms with E-state index in [0.29, 0.717) is 31.9 Å². The summed E-state index contributed by atoms with van der Waals surface area (Å²) in [5, 5.41) is 2.86. The predicted octanol–water partition coefficient (Wildman–Crippen LogP) is 2.74. The maximum absolute atomic E-state index is 13.9. The molecule has 1 N–H and O–H groups in total. The predicted molar refractivity (Wildman–Crippen MR) is 103 cm³/mol. The van der Waals surface area contributed by atoms with Crippen LogP contribution in [0.25, 0.3) is 0 Å². The summed E-state index contributed by atoms with van der Waals surface area (Å²) >= 11 is 0. The highest BCUT2D eigenvalue weighted by Crippen LogP contribution is 2.22. The summed E-state index contributed by atoms with van der Waals surface area (Å²) < 4.78 is 13.9. The van der Waals surface area contributed by atoms with Gasteiger partial charge in [0.15, 0.2) is 0 Å². The second kappa shape index (κ2) is 8.66. The number of rotatable bonds is 5. The number of hydrogen-bond acceptors (Lipinski definition) is 3. The van der Waals surface area contributed by atoms with Crippen molar-refractivity contribution in [3.63, 3.8) is 0 Å². The van der Waals surface area contributed by atoms with Crippen molar-refractivity contribution in [3.8, 4) is 0 Å². The molecule has 5 nitrogen and oxygen atoms in total. The molecule has 27 heavy (non-hydrogen) atoms. The summed E-state index contributed by atoms with van der Waals surface area (Å²) in [6.45, 7) is 3.70. The van der Waals surface area contributed by atoms with Crippen LogP contribution < -0.4 is 10.2 Å². The van der Waals surface area contributed by atoms with Crippen LogP contribution in [0.5, 0.6) is 0 Å². The van der Waals surface area contributed by atoms with Crippen LogP contribution in [0.3, 0.4) is 0 Å². The zero-order chi connectivity index (χ0) is 19.2. The molecule has 0 aromatic heterocycles. The Hall–Kier alpha value is -2.89. The second-order valence-electron chi connectivity index (χ2n) is 6.69. The molecule has 0 saturated carbocycles. The lowest BCUT2D eigenvalue weighted by atomic mass is 10.0. The van der Waals surface area contributed by atoms with E-state index in [1.54, 1.807) is 17.0 Å². The molecule has 2 aromatic rings. The van der Waals surface area contributed by atoms with E-state index in [-0.39, 0.29) is 30.1 Å². The van der Waals surface area contributed by atoms with Gasteiger partial charge < -0.3 is 15.1 Å². The average Bonchev–Trinajstić information content (AvgIpc) is 2.68. The maximum Gasteiger partial charge on any atom is 0.225 e. The molecule has 1 unspecified atom stereocenters. The highest BCUT2D eigenvalue weighted by Gasteiger charge is 2.25. The summed E-state index contributed by atoms with van der Waals surface area (Å²) in [4.78, 5) is 28.0. The molecule has 1 atom stereocenters. The van der Waals surface area contributed by atoms with Gasteiger partial charge in [0.1, 0.15) is 5.82 Å². The van der Waals surface area contributed by atoms with Crippen LogP contribution in [0.2, 0.25) is 0 Å². The van der Waals surface area contributed by atoms with Gasteiger partial charge in [0.2, 0.25) is 11.8 Å².